The van der Waals surface area contributed by atoms with Gasteiger partial charge in [-0.15, -0.1) is 0 Å². The minimum atomic E-state index is -0.397. The van der Waals surface area contributed by atoms with Crippen LogP contribution in [0.15, 0.2) is 24.5 Å². The summed E-state index contributed by atoms with van der Waals surface area (Å²) in [6, 6.07) is 3.26. The van der Waals surface area contributed by atoms with Crippen molar-refractivity contribution in [3.63, 3.8) is 0 Å². The van der Waals surface area contributed by atoms with E-state index < -0.39 is 5.97 Å². The first-order chi connectivity index (χ1) is 7.24. The van der Waals surface area contributed by atoms with Crippen molar-refractivity contribution in [3.05, 3.63) is 35.8 Å². The maximum Gasteiger partial charge on any atom is 0.338 e. The number of aromatic nitrogens is 2. The normalized spacial score (nSPS) is 10.5. The Morgan fingerprint density at radius 3 is 3.13 bits per heavy atom. The van der Waals surface area contributed by atoms with Crippen LogP contribution in [-0.2, 0) is 11.3 Å². The van der Waals surface area contributed by atoms with Crippen LogP contribution in [0, 0.1) is 0 Å². The monoisotopic (exact) mass is 206 g/mol. The number of carbonyl (C=O) groups excluding carboxylic acids is 1. The van der Waals surface area contributed by atoms with Crippen molar-refractivity contribution in [1.29, 1.82) is 0 Å². The van der Waals surface area contributed by atoms with E-state index >= 15 is 0 Å². The van der Waals surface area contributed by atoms with E-state index in [2.05, 4.69) is 9.72 Å². The van der Waals surface area contributed by atoms with Crippen LogP contribution in [0.4, 0.5) is 0 Å². The molecule has 0 unspecified atom stereocenters. The Bertz CT molecular complexity index is 504. The van der Waals surface area contributed by atoms with Crippen LogP contribution >= 0.6 is 0 Å². The van der Waals surface area contributed by atoms with Crippen LogP contribution in [0.25, 0.3) is 5.65 Å². The predicted molar refractivity (Wildman–Crippen MR) is 52.5 cm³/mol. The molecule has 0 aliphatic carbocycles. The van der Waals surface area contributed by atoms with Gasteiger partial charge in [-0.1, -0.05) is 0 Å². The molecule has 0 amide bonds. The Hall–Kier alpha value is -1.88. The molecular weight excluding hydrogens is 196 g/mol. The molecule has 0 atom stereocenters. The first-order valence-electron chi connectivity index (χ1n) is 4.41. The number of fused-ring (bicyclic) bond motifs is 1. The molecule has 15 heavy (non-hydrogen) atoms. The molecule has 2 aromatic heterocycles. The number of pyridine rings is 1. The summed E-state index contributed by atoms with van der Waals surface area (Å²) in [6.07, 6.45) is 3.41. The van der Waals surface area contributed by atoms with Gasteiger partial charge in [-0.3, -0.25) is 0 Å². The van der Waals surface area contributed by atoms with Crippen molar-refractivity contribution in [2.45, 2.75) is 6.61 Å². The van der Waals surface area contributed by atoms with Gasteiger partial charge in [-0.05, 0) is 12.1 Å². The van der Waals surface area contributed by atoms with Gasteiger partial charge in [0.1, 0.15) is 5.65 Å². The van der Waals surface area contributed by atoms with Gasteiger partial charge in [-0.2, -0.15) is 0 Å². The van der Waals surface area contributed by atoms with E-state index in [9.17, 15) is 4.79 Å². The molecule has 0 spiro atoms. The lowest BCUT2D eigenvalue weighted by molar-refractivity contribution is 0.0600. The molecule has 0 aliphatic heterocycles. The van der Waals surface area contributed by atoms with E-state index in [-0.39, 0.29) is 6.61 Å². The van der Waals surface area contributed by atoms with E-state index in [1.165, 1.54) is 7.11 Å². The fourth-order valence-electron chi connectivity index (χ4n) is 1.36. The Balaban J connectivity index is 2.50. The fourth-order valence-corrected chi connectivity index (χ4v) is 1.36. The SMILES string of the molecule is COC(=O)c1ccn2cc(CO)nc2c1. The maximum atomic E-state index is 11.2. The number of aliphatic hydroxyl groups is 1. The second kappa shape index (κ2) is 3.70. The summed E-state index contributed by atoms with van der Waals surface area (Å²) in [4.78, 5) is 15.3. The number of carbonyl (C=O) groups is 1. The van der Waals surface area contributed by atoms with Gasteiger partial charge in [0.05, 0.1) is 25.0 Å². The highest BCUT2D eigenvalue weighted by Gasteiger charge is 2.07. The molecule has 0 saturated carbocycles. The number of ether oxygens (including phenoxy) is 1. The van der Waals surface area contributed by atoms with Crippen molar-refractivity contribution in [1.82, 2.24) is 9.38 Å². The van der Waals surface area contributed by atoms with E-state index in [0.717, 1.165) is 0 Å². The molecule has 2 rings (SSSR count). The summed E-state index contributed by atoms with van der Waals surface area (Å²) in [7, 11) is 1.33. The molecule has 5 heteroatoms. The largest absolute Gasteiger partial charge is 0.465 e. The molecule has 0 radical (unpaired) electrons. The van der Waals surface area contributed by atoms with Crippen LogP contribution in [0.3, 0.4) is 0 Å². The Morgan fingerprint density at radius 2 is 2.47 bits per heavy atom. The van der Waals surface area contributed by atoms with Gasteiger partial charge >= 0.3 is 5.97 Å². The topological polar surface area (TPSA) is 63.8 Å². The zero-order valence-corrected chi connectivity index (χ0v) is 8.17. The van der Waals surface area contributed by atoms with Crippen molar-refractivity contribution in [2.75, 3.05) is 7.11 Å². The quantitative estimate of drug-likeness (QED) is 0.731. The molecule has 0 bridgehead atoms. The third-order valence-electron chi connectivity index (χ3n) is 2.09. The highest BCUT2D eigenvalue weighted by atomic mass is 16.5. The van der Waals surface area contributed by atoms with Gasteiger partial charge in [0.25, 0.3) is 0 Å². The number of esters is 1. The Labute approximate surface area is 85.9 Å². The van der Waals surface area contributed by atoms with Crippen molar-refractivity contribution in [2.24, 2.45) is 0 Å². The maximum absolute atomic E-state index is 11.2. The predicted octanol–water partition coefficient (Wildman–Crippen LogP) is 0.613. The molecule has 0 saturated heterocycles. The number of rotatable bonds is 2. The summed E-state index contributed by atoms with van der Waals surface area (Å²) in [5, 5.41) is 8.90. The number of hydrogen-bond acceptors (Lipinski definition) is 4. The number of methoxy groups -OCH3 is 1. The van der Waals surface area contributed by atoms with Crippen molar-refractivity contribution in [3.8, 4) is 0 Å². The van der Waals surface area contributed by atoms with Gasteiger partial charge < -0.3 is 14.2 Å². The number of nitrogens with zero attached hydrogens (tertiary/aromatic N) is 2. The van der Waals surface area contributed by atoms with Crippen LogP contribution < -0.4 is 0 Å². The molecule has 0 aromatic carbocycles. The number of aliphatic hydroxyl groups excluding tert-OH is 1. The van der Waals surface area contributed by atoms with Gasteiger partial charge in [0, 0.05) is 12.4 Å². The summed E-state index contributed by atoms with van der Waals surface area (Å²) in [5.74, 6) is -0.397. The van der Waals surface area contributed by atoms with Crippen molar-refractivity contribution >= 4 is 11.6 Å². The molecule has 1 N–H and O–H groups in total. The lowest BCUT2D eigenvalue weighted by atomic mass is 10.3. The van der Waals surface area contributed by atoms with E-state index in [4.69, 9.17) is 5.11 Å². The smallest absolute Gasteiger partial charge is 0.338 e. The summed E-state index contributed by atoms with van der Waals surface area (Å²) < 4.78 is 6.33. The third kappa shape index (κ3) is 1.69. The third-order valence-corrected chi connectivity index (χ3v) is 2.09. The van der Waals surface area contributed by atoms with Crippen LogP contribution in [0.2, 0.25) is 0 Å². The lowest BCUT2D eigenvalue weighted by Crippen LogP contribution is -2.01. The van der Waals surface area contributed by atoms with Gasteiger partial charge in [0.2, 0.25) is 0 Å². The summed E-state index contributed by atoms with van der Waals surface area (Å²) >= 11 is 0. The lowest BCUT2D eigenvalue weighted by Gasteiger charge is -1.98. The highest BCUT2D eigenvalue weighted by molar-refractivity contribution is 5.90. The average molecular weight is 206 g/mol. The minimum absolute atomic E-state index is 0.116. The fraction of sp³-hybridized carbons (Fsp3) is 0.200. The Kier molecular flexibility index (Phi) is 2.39. The molecule has 0 aliphatic rings. The zero-order valence-electron chi connectivity index (χ0n) is 8.17. The second-order valence-corrected chi connectivity index (χ2v) is 3.06. The molecule has 2 heterocycles. The first kappa shape index (κ1) is 9.67. The van der Waals surface area contributed by atoms with E-state index in [1.54, 1.807) is 28.9 Å². The zero-order chi connectivity index (χ0) is 10.8. The van der Waals surface area contributed by atoms with Crippen LogP contribution in [0.5, 0.6) is 0 Å². The van der Waals surface area contributed by atoms with E-state index in [0.29, 0.717) is 16.9 Å². The van der Waals surface area contributed by atoms with Crippen LogP contribution in [0.1, 0.15) is 16.1 Å². The number of imidazole rings is 1. The molecular formula is C10H10N2O3. The Morgan fingerprint density at radius 1 is 1.67 bits per heavy atom. The molecule has 2 aromatic rings. The second-order valence-electron chi connectivity index (χ2n) is 3.06. The minimum Gasteiger partial charge on any atom is -0.465 e. The highest BCUT2D eigenvalue weighted by Crippen LogP contribution is 2.09. The van der Waals surface area contributed by atoms with Gasteiger partial charge in [0.15, 0.2) is 0 Å². The van der Waals surface area contributed by atoms with Crippen LogP contribution in [-0.4, -0.2) is 27.6 Å². The standard InChI is InChI=1S/C10H10N2O3/c1-15-10(14)7-2-3-12-5-8(6-13)11-9(12)4-7/h2-5,13H,6H2,1H3. The average Bonchev–Trinajstić information content (AvgIpc) is 2.69. The summed E-state index contributed by atoms with van der Waals surface area (Å²) in [5.41, 5.74) is 1.62. The molecule has 78 valence electrons. The molecule has 5 nitrogen and oxygen atoms in total. The number of hydrogen-bond donors (Lipinski definition) is 1. The van der Waals surface area contributed by atoms with Gasteiger partial charge in [-0.25, -0.2) is 9.78 Å². The first-order valence-corrected chi connectivity index (χ1v) is 4.41. The van der Waals surface area contributed by atoms with Crippen molar-refractivity contribution < 1.29 is 14.6 Å². The summed E-state index contributed by atoms with van der Waals surface area (Å²) in [6.45, 7) is -0.116. The van der Waals surface area contributed by atoms with E-state index in [1.807, 2.05) is 0 Å². The molecule has 0 fully saturated rings.